The average Bonchev–Trinajstić information content (AvgIpc) is 2.68. The van der Waals surface area contributed by atoms with E-state index in [1.165, 1.54) is 12.1 Å². The average molecular weight is 354 g/mol. The fraction of sp³-hybridized carbons (Fsp3) is 0.150. The monoisotopic (exact) mass is 354 g/mol. The van der Waals surface area contributed by atoms with Gasteiger partial charge in [0.05, 0.1) is 13.2 Å². The molecule has 0 atom stereocenters. The van der Waals surface area contributed by atoms with Gasteiger partial charge in [0.15, 0.2) is 5.78 Å². The molecule has 2 aromatic carbocycles. The lowest BCUT2D eigenvalue weighted by atomic mass is 10.0. The van der Waals surface area contributed by atoms with Crippen LogP contribution in [-0.4, -0.2) is 31.1 Å². The second-order valence-electron chi connectivity index (χ2n) is 5.15. The van der Waals surface area contributed by atoms with Gasteiger partial charge in [0.25, 0.3) is 0 Å². The van der Waals surface area contributed by atoms with Crippen molar-refractivity contribution in [1.29, 1.82) is 0 Å². The molecule has 2 aromatic rings. The van der Waals surface area contributed by atoms with Crippen LogP contribution in [0.4, 0.5) is 4.79 Å². The number of ether oxygens (including phenoxy) is 3. The molecule has 6 heteroatoms. The molecule has 2 rings (SSSR count). The quantitative estimate of drug-likeness (QED) is 0.237. The summed E-state index contributed by atoms with van der Waals surface area (Å²) in [6, 6.07) is 15.1. The number of hydrogen-bond donors (Lipinski definition) is 0. The van der Waals surface area contributed by atoms with Crippen molar-refractivity contribution in [2.24, 2.45) is 0 Å². The first-order chi connectivity index (χ1) is 12.6. The van der Waals surface area contributed by atoms with Crippen LogP contribution in [0.5, 0.6) is 5.75 Å². The molecule has 26 heavy (non-hydrogen) atoms. The number of rotatable bonds is 8. The Morgan fingerprint density at radius 2 is 1.46 bits per heavy atom. The van der Waals surface area contributed by atoms with Crippen molar-refractivity contribution >= 4 is 17.9 Å². The third-order valence-corrected chi connectivity index (χ3v) is 3.27. The number of benzene rings is 2. The van der Waals surface area contributed by atoms with Gasteiger partial charge in [-0.1, -0.05) is 36.9 Å². The lowest BCUT2D eigenvalue weighted by molar-refractivity contribution is -0.138. The highest BCUT2D eigenvalue weighted by molar-refractivity contribution is 6.09. The largest absolute Gasteiger partial charge is 0.513 e. The first-order valence-corrected chi connectivity index (χ1v) is 7.94. The molecule has 0 spiro atoms. The Morgan fingerprint density at radius 1 is 0.846 bits per heavy atom. The molecule has 0 aliphatic heterocycles. The highest BCUT2D eigenvalue weighted by atomic mass is 16.7. The molecule has 0 heterocycles. The molecule has 0 N–H and O–H groups in total. The molecule has 0 fully saturated rings. The molecular formula is C20H18O6. The lowest BCUT2D eigenvalue weighted by Gasteiger charge is -2.07. The zero-order chi connectivity index (χ0) is 18.8. The standard InChI is InChI=1S/C20H18O6/c1-2-18(21)24-13-6-14-25-20(23)26-17-11-9-16(10-12-17)19(22)15-7-4-3-5-8-15/h2-5,7-12H,1,6,13-14H2. The summed E-state index contributed by atoms with van der Waals surface area (Å²) < 4.78 is 14.6. The van der Waals surface area contributed by atoms with Crippen molar-refractivity contribution in [2.75, 3.05) is 13.2 Å². The molecule has 0 radical (unpaired) electrons. The molecule has 134 valence electrons. The molecular weight excluding hydrogens is 336 g/mol. The maximum Gasteiger partial charge on any atom is 0.513 e. The van der Waals surface area contributed by atoms with Crippen molar-refractivity contribution < 1.29 is 28.6 Å². The van der Waals surface area contributed by atoms with Crippen LogP contribution in [0.1, 0.15) is 22.3 Å². The van der Waals surface area contributed by atoms with Crippen LogP contribution in [0, 0.1) is 0 Å². The van der Waals surface area contributed by atoms with E-state index < -0.39 is 12.1 Å². The summed E-state index contributed by atoms with van der Waals surface area (Å²) in [6.07, 6.45) is 0.530. The minimum Gasteiger partial charge on any atom is -0.462 e. The van der Waals surface area contributed by atoms with Crippen LogP contribution in [0.2, 0.25) is 0 Å². The van der Waals surface area contributed by atoms with E-state index in [4.69, 9.17) is 14.2 Å². The van der Waals surface area contributed by atoms with E-state index in [9.17, 15) is 14.4 Å². The Kier molecular flexibility index (Phi) is 7.12. The van der Waals surface area contributed by atoms with Gasteiger partial charge >= 0.3 is 12.1 Å². The summed E-state index contributed by atoms with van der Waals surface area (Å²) in [5.41, 5.74) is 1.07. The van der Waals surface area contributed by atoms with Crippen LogP contribution in [0.3, 0.4) is 0 Å². The summed E-state index contributed by atoms with van der Waals surface area (Å²) in [4.78, 5) is 34.7. The molecule has 0 amide bonds. The third kappa shape index (κ3) is 5.90. The molecule has 0 aliphatic rings. The van der Waals surface area contributed by atoms with E-state index in [-0.39, 0.29) is 24.7 Å². The van der Waals surface area contributed by atoms with E-state index in [0.717, 1.165) is 6.08 Å². The van der Waals surface area contributed by atoms with Gasteiger partial charge in [0.2, 0.25) is 0 Å². The van der Waals surface area contributed by atoms with Gasteiger partial charge in [0, 0.05) is 23.6 Å². The number of ketones is 1. The predicted molar refractivity (Wildman–Crippen MR) is 94.1 cm³/mol. The van der Waals surface area contributed by atoms with E-state index in [0.29, 0.717) is 17.5 Å². The van der Waals surface area contributed by atoms with Crippen LogP contribution >= 0.6 is 0 Å². The zero-order valence-corrected chi connectivity index (χ0v) is 14.1. The zero-order valence-electron chi connectivity index (χ0n) is 14.1. The number of carbonyl (C=O) groups is 3. The van der Waals surface area contributed by atoms with Crippen LogP contribution in [-0.2, 0) is 14.3 Å². The van der Waals surface area contributed by atoms with Crippen LogP contribution < -0.4 is 4.74 Å². The molecule has 0 saturated carbocycles. The third-order valence-electron chi connectivity index (χ3n) is 3.27. The number of hydrogen-bond acceptors (Lipinski definition) is 6. The van der Waals surface area contributed by atoms with Crippen molar-refractivity contribution in [3.05, 3.63) is 78.4 Å². The van der Waals surface area contributed by atoms with E-state index in [2.05, 4.69) is 6.58 Å². The Bertz CT molecular complexity index is 765. The maximum atomic E-state index is 12.3. The van der Waals surface area contributed by atoms with E-state index in [1.807, 2.05) is 6.07 Å². The van der Waals surface area contributed by atoms with E-state index in [1.54, 1.807) is 36.4 Å². The van der Waals surface area contributed by atoms with Gasteiger partial charge in [0.1, 0.15) is 5.75 Å². The minimum absolute atomic E-state index is 0.0494. The van der Waals surface area contributed by atoms with Gasteiger partial charge in [-0.2, -0.15) is 0 Å². The fourth-order valence-corrected chi connectivity index (χ4v) is 2.00. The van der Waals surface area contributed by atoms with E-state index >= 15 is 0 Å². The van der Waals surface area contributed by atoms with Gasteiger partial charge in [-0.15, -0.1) is 0 Å². The summed E-state index contributed by atoms with van der Waals surface area (Å²) >= 11 is 0. The van der Waals surface area contributed by atoms with Crippen LogP contribution in [0.15, 0.2) is 67.3 Å². The second kappa shape index (κ2) is 9.78. The lowest BCUT2D eigenvalue weighted by Crippen LogP contribution is -2.13. The van der Waals surface area contributed by atoms with Gasteiger partial charge in [-0.3, -0.25) is 4.79 Å². The molecule has 0 saturated heterocycles. The molecule has 0 unspecified atom stereocenters. The topological polar surface area (TPSA) is 78.9 Å². The highest BCUT2D eigenvalue weighted by Gasteiger charge is 2.10. The fourth-order valence-electron chi connectivity index (χ4n) is 2.00. The van der Waals surface area contributed by atoms with Crippen molar-refractivity contribution in [3.8, 4) is 5.75 Å². The van der Waals surface area contributed by atoms with Gasteiger partial charge in [-0.25, -0.2) is 9.59 Å². The first-order valence-electron chi connectivity index (χ1n) is 7.94. The number of carbonyl (C=O) groups excluding carboxylic acids is 3. The predicted octanol–water partition coefficient (Wildman–Crippen LogP) is 3.55. The number of esters is 1. The van der Waals surface area contributed by atoms with Crippen LogP contribution in [0.25, 0.3) is 0 Å². The normalized spacial score (nSPS) is 9.85. The van der Waals surface area contributed by atoms with Crippen molar-refractivity contribution in [2.45, 2.75) is 6.42 Å². The SMILES string of the molecule is C=CC(=O)OCCCOC(=O)Oc1ccc(C(=O)c2ccccc2)cc1. The smallest absolute Gasteiger partial charge is 0.462 e. The Hall–Kier alpha value is -3.41. The molecule has 0 aromatic heterocycles. The molecule has 6 nitrogen and oxygen atoms in total. The maximum absolute atomic E-state index is 12.3. The Morgan fingerprint density at radius 3 is 2.12 bits per heavy atom. The Labute approximate surface area is 151 Å². The van der Waals surface area contributed by atoms with Crippen molar-refractivity contribution in [1.82, 2.24) is 0 Å². The summed E-state index contributed by atoms with van der Waals surface area (Å²) in [7, 11) is 0. The summed E-state index contributed by atoms with van der Waals surface area (Å²) in [6.45, 7) is 3.44. The highest BCUT2D eigenvalue weighted by Crippen LogP contribution is 2.16. The van der Waals surface area contributed by atoms with Gasteiger partial charge in [-0.05, 0) is 24.3 Å². The summed E-state index contributed by atoms with van der Waals surface area (Å²) in [5.74, 6) is -0.385. The summed E-state index contributed by atoms with van der Waals surface area (Å²) in [5, 5.41) is 0. The van der Waals surface area contributed by atoms with Gasteiger partial charge < -0.3 is 14.2 Å². The molecule has 0 bridgehead atoms. The van der Waals surface area contributed by atoms with Crippen molar-refractivity contribution in [3.63, 3.8) is 0 Å². The second-order valence-corrected chi connectivity index (χ2v) is 5.15. The Balaban J connectivity index is 1.78. The molecule has 0 aliphatic carbocycles. The minimum atomic E-state index is -0.873. The first kappa shape index (κ1) is 18.9.